The zero-order valence-electron chi connectivity index (χ0n) is 61.2. The highest BCUT2D eigenvalue weighted by Gasteiger charge is 2.26. The number of phosphoric ester groups is 1. The Labute approximate surface area is 576 Å². The zero-order chi connectivity index (χ0) is 67.2. The first-order valence-corrected chi connectivity index (χ1v) is 41.6. The van der Waals surface area contributed by atoms with Crippen molar-refractivity contribution in [3.05, 3.63) is 85.1 Å². The Bertz CT molecular complexity index is 1810. The van der Waals surface area contributed by atoms with E-state index >= 15 is 0 Å². The van der Waals surface area contributed by atoms with Crippen LogP contribution < -0.4 is 5.73 Å². The molecule has 0 aromatic heterocycles. The van der Waals surface area contributed by atoms with Crippen molar-refractivity contribution in [1.29, 1.82) is 0 Å². The van der Waals surface area contributed by atoms with Gasteiger partial charge in [0.25, 0.3) is 0 Å². The van der Waals surface area contributed by atoms with Crippen molar-refractivity contribution in [1.82, 2.24) is 0 Å². The highest BCUT2D eigenvalue weighted by molar-refractivity contribution is 7.47. The van der Waals surface area contributed by atoms with Crippen molar-refractivity contribution < 1.29 is 37.6 Å². The van der Waals surface area contributed by atoms with Crippen LogP contribution in [0.4, 0.5) is 0 Å². The topological polar surface area (TPSA) is 134 Å². The van der Waals surface area contributed by atoms with Crippen LogP contribution in [0, 0.1) is 0 Å². The van der Waals surface area contributed by atoms with Gasteiger partial charge in [-0.25, -0.2) is 4.57 Å². The van der Waals surface area contributed by atoms with Crippen LogP contribution in [0.1, 0.15) is 399 Å². The fraction of sp³-hybridized carbons (Fsp3) is 0.807. The van der Waals surface area contributed by atoms with Crippen molar-refractivity contribution in [2.45, 2.75) is 405 Å². The summed E-state index contributed by atoms with van der Waals surface area (Å²) in [7, 11) is -4.40. The second-order valence-corrected chi connectivity index (χ2v) is 28.4. The molecule has 542 valence electrons. The standard InChI is InChI=1S/C83H152NO8P/c1-3-5-7-9-11-13-15-17-19-21-23-25-27-29-31-33-35-36-37-38-39-40-41-42-43-44-46-48-50-52-54-56-58-60-62-64-66-68-70-72-74-76-83(86)92-81(80-91-93(87,88)90-78-77-84)79-89-82(85)75-73-71-69-67-65-63-61-59-57-55-53-51-49-47-45-34-32-30-28-26-24-22-20-18-16-14-12-10-8-6-4-2/h5,7,11,13,17,19,23,25,29,31,35-36,38-39,81H,3-4,6,8-10,12,14-16,18,20-22,24,26-28,30,32-34,37,40-80,84H2,1-2H3,(H,87,88)/b7-5-,13-11-,19-17-,25-23-,31-29-,36-35-,39-38-. The summed E-state index contributed by atoms with van der Waals surface area (Å²) in [5.41, 5.74) is 5.42. The Kier molecular flexibility index (Phi) is 75.8. The largest absolute Gasteiger partial charge is 0.472 e. The first-order valence-electron chi connectivity index (χ1n) is 40.1. The normalized spacial score (nSPS) is 13.3. The Morgan fingerprint density at radius 1 is 0.333 bits per heavy atom. The molecule has 0 aliphatic rings. The molecule has 9 nitrogen and oxygen atoms in total. The molecule has 0 spiro atoms. The van der Waals surface area contributed by atoms with E-state index in [4.69, 9.17) is 24.3 Å². The van der Waals surface area contributed by atoms with Crippen LogP contribution in [0.15, 0.2) is 85.1 Å². The predicted molar refractivity (Wildman–Crippen MR) is 404 cm³/mol. The van der Waals surface area contributed by atoms with Crippen LogP contribution in [0.5, 0.6) is 0 Å². The smallest absolute Gasteiger partial charge is 0.462 e. The maximum atomic E-state index is 12.8. The molecule has 3 N–H and O–H groups in total. The summed E-state index contributed by atoms with van der Waals surface area (Å²) in [5, 5.41) is 0. The molecule has 0 aliphatic carbocycles. The van der Waals surface area contributed by atoms with Gasteiger partial charge < -0.3 is 20.1 Å². The van der Waals surface area contributed by atoms with Crippen molar-refractivity contribution in [3.8, 4) is 0 Å². The summed E-state index contributed by atoms with van der Waals surface area (Å²) >= 11 is 0. The highest BCUT2D eigenvalue weighted by atomic mass is 31.2. The van der Waals surface area contributed by atoms with Gasteiger partial charge in [-0.2, -0.15) is 0 Å². The summed E-state index contributed by atoms with van der Waals surface area (Å²) in [6, 6.07) is 0. The van der Waals surface area contributed by atoms with Crippen LogP contribution in [0.2, 0.25) is 0 Å². The summed E-state index contributed by atoms with van der Waals surface area (Å²) in [4.78, 5) is 35.5. The van der Waals surface area contributed by atoms with Crippen molar-refractivity contribution in [3.63, 3.8) is 0 Å². The van der Waals surface area contributed by atoms with Gasteiger partial charge in [-0.3, -0.25) is 18.6 Å². The van der Waals surface area contributed by atoms with E-state index in [1.54, 1.807) is 0 Å². The number of unbranched alkanes of at least 4 members (excludes halogenated alkanes) is 49. The van der Waals surface area contributed by atoms with Crippen LogP contribution in [-0.4, -0.2) is 49.3 Å². The Morgan fingerprint density at radius 2 is 0.591 bits per heavy atom. The molecule has 0 bridgehead atoms. The monoisotopic (exact) mass is 1320 g/mol. The van der Waals surface area contributed by atoms with Gasteiger partial charge in [0.15, 0.2) is 6.10 Å². The number of ether oxygens (including phenoxy) is 2. The first kappa shape index (κ1) is 90.2. The number of carbonyl (C=O) groups is 2. The maximum Gasteiger partial charge on any atom is 0.472 e. The third-order valence-corrected chi connectivity index (χ3v) is 18.8. The van der Waals surface area contributed by atoms with Gasteiger partial charge >= 0.3 is 19.8 Å². The van der Waals surface area contributed by atoms with Crippen LogP contribution >= 0.6 is 7.82 Å². The van der Waals surface area contributed by atoms with Gasteiger partial charge in [0.2, 0.25) is 0 Å². The number of rotatable bonds is 76. The second-order valence-electron chi connectivity index (χ2n) is 26.9. The Hall–Kier alpha value is -2.81. The number of hydrogen-bond donors (Lipinski definition) is 2. The lowest BCUT2D eigenvalue weighted by atomic mass is 10.0. The molecule has 0 radical (unpaired) electrons. The lowest BCUT2D eigenvalue weighted by Crippen LogP contribution is -2.29. The summed E-state index contributed by atoms with van der Waals surface area (Å²) in [6.45, 7) is 3.70. The van der Waals surface area contributed by atoms with Gasteiger partial charge in [0.05, 0.1) is 13.2 Å². The van der Waals surface area contributed by atoms with E-state index in [9.17, 15) is 19.0 Å². The lowest BCUT2D eigenvalue weighted by Gasteiger charge is -2.19. The number of nitrogens with two attached hydrogens (primary N) is 1. The summed E-state index contributed by atoms with van der Waals surface area (Å²) in [5.74, 6) is -0.806. The molecule has 0 saturated heterocycles. The van der Waals surface area contributed by atoms with Crippen molar-refractivity contribution >= 4 is 19.8 Å². The van der Waals surface area contributed by atoms with Crippen LogP contribution in [-0.2, 0) is 32.7 Å². The first-order chi connectivity index (χ1) is 45.8. The molecular formula is C83H152NO8P. The lowest BCUT2D eigenvalue weighted by molar-refractivity contribution is -0.161. The van der Waals surface area contributed by atoms with E-state index < -0.39 is 26.5 Å². The summed E-state index contributed by atoms with van der Waals surface area (Å²) in [6.07, 6.45) is 106. The number of phosphoric acid groups is 1. The van der Waals surface area contributed by atoms with E-state index in [2.05, 4.69) is 98.9 Å². The summed E-state index contributed by atoms with van der Waals surface area (Å²) < 4.78 is 33.3. The number of allylic oxidation sites excluding steroid dienone is 14. The maximum absolute atomic E-state index is 12.8. The molecular weight excluding hydrogens is 1170 g/mol. The minimum atomic E-state index is -4.40. The minimum Gasteiger partial charge on any atom is -0.462 e. The number of hydrogen-bond acceptors (Lipinski definition) is 8. The number of carbonyl (C=O) groups excluding carboxylic acids is 2. The zero-order valence-corrected chi connectivity index (χ0v) is 62.1. The molecule has 0 aromatic carbocycles. The molecule has 93 heavy (non-hydrogen) atoms. The van der Waals surface area contributed by atoms with Gasteiger partial charge in [0.1, 0.15) is 6.61 Å². The molecule has 2 unspecified atom stereocenters. The van der Waals surface area contributed by atoms with Gasteiger partial charge in [-0.1, -0.05) is 401 Å². The third kappa shape index (κ3) is 78.1. The molecule has 0 saturated carbocycles. The quantitative estimate of drug-likeness (QED) is 0.0264. The molecule has 0 aromatic rings. The Morgan fingerprint density at radius 3 is 0.882 bits per heavy atom. The molecule has 0 aliphatic heterocycles. The molecule has 0 heterocycles. The fourth-order valence-corrected chi connectivity index (χ4v) is 12.7. The molecule has 0 amide bonds. The molecule has 0 rings (SSSR count). The van der Waals surface area contributed by atoms with Gasteiger partial charge in [-0.15, -0.1) is 0 Å². The van der Waals surface area contributed by atoms with E-state index in [1.807, 2.05) is 0 Å². The third-order valence-electron chi connectivity index (χ3n) is 17.8. The molecule has 0 fully saturated rings. The van der Waals surface area contributed by atoms with Gasteiger partial charge in [-0.05, 0) is 70.6 Å². The van der Waals surface area contributed by atoms with Crippen molar-refractivity contribution in [2.24, 2.45) is 5.73 Å². The highest BCUT2D eigenvalue weighted by Crippen LogP contribution is 2.43. The Balaban J connectivity index is 3.78. The fourth-order valence-electron chi connectivity index (χ4n) is 11.9. The average Bonchev–Trinajstić information content (AvgIpc) is 3.49. The molecule has 10 heteroatoms. The average molecular weight is 1320 g/mol. The predicted octanol–water partition coefficient (Wildman–Crippen LogP) is 26.9. The number of esters is 2. The van der Waals surface area contributed by atoms with Crippen LogP contribution in [0.3, 0.4) is 0 Å². The second kappa shape index (κ2) is 78.2. The van der Waals surface area contributed by atoms with E-state index in [-0.39, 0.29) is 38.6 Å². The van der Waals surface area contributed by atoms with E-state index in [1.165, 1.54) is 289 Å². The van der Waals surface area contributed by atoms with E-state index in [0.29, 0.717) is 6.42 Å². The van der Waals surface area contributed by atoms with E-state index in [0.717, 1.165) is 77.0 Å². The van der Waals surface area contributed by atoms with Crippen molar-refractivity contribution in [2.75, 3.05) is 26.4 Å². The van der Waals surface area contributed by atoms with Gasteiger partial charge in [0, 0.05) is 19.4 Å². The SMILES string of the molecule is CC/C=C\C/C=C\C/C=C\C/C=C\C/C=C\C/C=C\C/C=C\CCCCCCCCCCCCCCCCCCCCCC(=O)OC(COC(=O)CCCCCCCCCCCCCCCCCCCCCCCCCCCCCCCCC)COP(=O)(O)OCCN. The minimum absolute atomic E-state index is 0.0544. The molecule has 2 atom stereocenters. The van der Waals surface area contributed by atoms with Crippen LogP contribution in [0.25, 0.3) is 0 Å².